The smallest absolute Gasteiger partial charge is 0.0635 e. The zero-order valence-electron chi connectivity index (χ0n) is 11.4. The lowest BCUT2D eigenvalue weighted by Crippen LogP contribution is -2.34. The quantitative estimate of drug-likeness (QED) is 0.774. The number of ether oxygens (including phenoxy) is 1. The molecule has 0 fully saturated rings. The third-order valence-electron chi connectivity index (χ3n) is 3.24. The van der Waals surface area contributed by atoms with E-state index < -0.39 is 0 Å². The minimum absolute atomic E-state index is 0.525. The van der Waals surface area contributed by atoms with Crippen molar-refractivity contribution in [2.75, 3.05) is 26.0 Å². The molecule has 0 heterocycles. The van der Waals surface area contributed by atoms with Gasteiger partial charge in [-0.05, 0) is 31.0 Å². The number of benzene rings is 1. The van der Waals surface area contributed by atoms with E-state index in [0.717, 1.165) is 26.1 Å². The summed E-state index contributed by atoms with van der Waals surface area (Å²) in [5.41, 5.74) is 7.66. The molecule has 102 valence electrons. The number of hydrogen-bond donors (Lipinski definition) is 1. The summed E-state index contributed by atoms with van der Waals surface area (Å²) in [6.07, 6.45) is 1.12. The zero-order chi connectivity index (χ0) is 13.5. The topological polar surface area (TPSA) is 38.5 Å². The van der Waals surface area contributed by atoms with E-state index in [0.29, 0.717) is 16.8 Å². The fraction of sp³-hybridized carbons (Fsp3) is 0.571. The third-order valence-corrected chi connectivity index (χ3v) is 3.59. The van der Waals surface area contributed by atoms with E-state index in [4.69, 9.17) is 22.1 Å². The van der Waals surface area contributed by atoms with Crippen LogP contribution in [-0.2, 0) is 11.3 Å². The van der Waals surface area contributed by atoms with Crippen molar-refractivity contribution >= 4 is 17.3 Å². The van der Waals surface area contributed by atoms with Crippen LogP contribution in [0.1, 0.15) is 25.8 Å². The van der Waals surface area contributed by atoms with Crippen molar-refractivity contribution in [3.8, 4) is 0 Å². The molecular formula is C14H23ClN2O. The maximum atomic E-state index is 5.93. The first-order chi connectivity index (χ1) is 8.58. The van der Waals surface area contributed by atoms with Gasteiger partial charge in [-0.15, -0.1) is 0 Å². The fourth-order valence-corrected chi connectivity index (χ4v) is 1.97. The number of rotatable bonds is 7. The number of nitrogens with zero attached hydrogens (tertiary/aromatic N) is 1. The molecule has 1 unspecified atom stereocenters. The SMILES string of the molecule is CCC(C)N(CCOC)Cc1ccc(Cl)c(N)c1. The third kappa shape index (κ3) is 4.48. The Balaban J connectivity index is 2.71. The minimum atomic E-state index is 0.525. The molecule has 2 N–H and O–H groups in total. The highest BCUT2D eigenvalue weighted by molar-refractivity contribution is 6.33. The van der Waals surface area contributed by atoms with Gasteiger partial charge in [0.2, 0.25) is 0 Å². The molecule has 0 aliphatic carbocycles. The zero-order valence-corrected chi connectivity index (χ0v) is 12.2. The predicted octanol–water partition coefficient (Wildman–Crippen LogP) is 3.17. The monoisotopic (exact) mass is 270 g/mol. The summed E-state index contributed by atoms with van der Waals surface area (Å²) in [4.78, 5) is 2.40. The maximum absolute atomic E-state index is 5.93. The van der Waals surface area contributed by atoms with Gasteiger partial charge in [-0.2, -0.15) is 0 Å². The molecule has 1 aromatic rings. The molecule has 1 aromatic carbocycles. The van der Waals surface area contributed by atoms with Gasteiger partial charge in [0.1, 0.15) is 0 Å². The van der Waals surface area contributed by atoms with Gasteiger partial charge in [0.05, 0.1) is 17.3 Å². The Morgan fingerprint density at radius 3 is 2.72 bits per heavy atom. The first-order valence-electron chi connectivity index (χ1n) is 6.35. The van der Waals surface area contributed by atoms with Crippen LogP contribution in [0.25, 0.3) is 0 Å². The molecule has 0 saturated carbocycles. The Morgan fingerprint density at radius 1 is 1.44 bits per heavy atom. The van der Waals surface area contributed by atoms with E-state index in [9.17, 15) is 0 Å². The minimum Gasteiger partial charge on any atom is -0.398 e. The van der Waals surface area contributed by atoms with Gasteiger partial charge >= 0.3 is 0 Å². The number of halogens is 1. The highest BCUT2D eigenvalue weighted by Gasteiger charge is 2.12. The molecule has 18 heavy (non-hydrogen) atoms. The van der Waals surface area contributed by atoms with Crippen LogP contribution in [0.2, 0.25) is 5.02 Å². The molecule has 4 heteroatoms. The predicted molar refractivity (Wildman–Crippen MR) is 77.9 cm³/mol. The molecule has 1 atom stereocenters. The van der Waals surface area contributed by atoms with E-state index >= 15 is 0 Å². The fourth-order valence-electron chi connectivity index (χ4n) is 1.85. The largest absolute Gasteiger partial charge is 0.398 e. The van der Waals surface area contributed by atoms with Gasteiger partial charge in [-0.3, -0.25) is 4.90 Å². The number of nitrogen functional groups attached to an aromatic ring is 1. The second-order valence-electron chi connectivity index (χ2n) is 4.58. The lowest BCUT2D eigenvalue weighted by atomic mass is 10.1. The highest BCUT2D eigenvalue weighted by Crippen LogP contribution is 2.21. The Bertz CT molecular complexity index is 371. The van der Waals surface area contributed by atoms with Gasteiger partial charge in [-0.1, -0.05) is 24.6 Å². The molecule has 0 spiro atoms. The average Bonchev–Trinajstić information content (AvgIpc) is 2.37. The number of nitrogens with two attached hydrogens (primary N) is 1. The van der Waals surface area contributed by atoms with E-state index in [-0.39, 0.29) is 0 Å². The van der Waals surface area contributed by atoms with E-state index in [1.807, 2.05) is 18.2 Å². The Labute approximate surface area is 115 Å². The van der Waals surface area contributed by atoms with Crippen molar-refractivity contribution in [2.45, 2.75) is 32.9 Å². The molecular weight excluding hydrogens is 248 g/mol. The van der Waals surface area contributed by atoms with Crippen LogP contribution in [0.5, 0.6) is 0 Å². The van der Waals surface area contributed by atoms with Crippen LogP contribution in [0.15, 0.2) is 18.2 Å². The summed E-state index contributed by atoms with van der Waals surface area (Å²) < 4.78 is 5.16. The van der Waals surface area contributed by atoms with Crippen LogP contribution in [-0.4, -0.2) is 31.2 Å². The Kier molecular flexibility index (Phi) is 6.47. The molecule has 0 aliphatic rings. The molecule has 0 radical (unpaired) electrons. The van der Waals surface area contributed by atoms with Crippen molar-refractivity contribution in [1.29, 1.82) is 0 Å². The normalized spacial score (nSPS) is 12.9. The van der Waals surface area contributed by atoms with Crippen LogP contribution in [0, 0.1) is 0 Å². The molecule has 0 aliphatic heterocycles. The Hall–Kier alpha value is -0.770. The van der Waals surface area contributed by atoms with Gasteiger partial charge in [0.25, 0.3) is 0 Å². The summed E-state index contributed by atoms with van der Waals surface area (Å²) in [5.74, 6) is 0. The first-order valence-corrected chi connectivity index (χ1v) is 6.73. The van der Waals surface area contributed by atoms with Crippen LogP contribution in [0.3, 0.4) is 0 Å². The number of anilines is 1. The number of methoxy groups -OCH3 is 1. The highest BCUT2D eigenvalue weighted by atomic mass is 35.5. The van der Waals surface area contributed by atoms with Crippen molar-refractivity contribution in [3.05, 3.63) is 28.8 Å². The van der Waals surface area contributed by atoms with Crippen molar-refractivity contribution in [3.63, 3.8) is 0 Å². The molecule has 3 nitrogen and oxygen atoms in total. The first kappa shape index (κ1) is 15.3. The van der Waals surface area contributed by atoms with Crippen molar-refractivity contribution < 1.29 is 4.74 Å². The lowest BCUT2D eigenvalue weighted by molar-refractivity contribution is 0.118. The van der Waals surface area contributed by atoms with Crippen LogP contribution in [0.4, 0.5) is 5.69 Å². The second-order valence-corrected chi connectivity index (χ2v) is 4.98. The van der Waals surface area contributed by atoms with Gasteiger partial charge in [0.15, 0.2) is 0 Å². The van der Waals surface area contributed by atoms with Crippen molar-refractivity contribution in [1.82, 2.24) is 4.90 Å². The Morgan fingerprint density at radius 2 is 2.17 bits per heavy atom. The maximum Gasteiger partial charge on any atom is 0.0635 e. The molecule has 0 amide bonds. The molecule has 1 rings (SSSR count). The van der Waals surface area contributed by atoms with Crippen LogP contribution >= 0.6 is 11.6 Å². The van der Waals surface area contributed by atoms with Crippen LogP contribution < -0.4 is 5.73 Å². The summed E-state index contributed by atoms with van der Waals surface area (Å²) in [6.45, 7) is 6.97. The lowest BCUT2D eigenvalue weighted by Gasteiger charge is -2.28. The van der Waals surface area contributed by atoms with Gasteiger partial charge < -0.3 is 10.5 Å². The van der Waals surface area contributed by atoms with Gasteiger partial charge in [-0.25, -0.2) is 0 Å². The second kappa shape index (κ2) is 7.62. The van der Waals surface area contributed by atoms with E-state index in [1.54, 1.807) is 7.11 Å². The molecule has 0 aromatic heterocycles. The number of hydrogen-bond acceptors (Lipinski definition) is 3. The summed E-state index contributed by atoms with van der Waals surface area (Å²) in [5, 5.41) is 0.616. The average molecular weight is 271 g/mol. The van der Waals surface area contributed by atoms with E-state index in [2.05, 4.69) is 18.7 Å². The van der Waals surface area contributed by atoms with Gasteiger partial charge in [0, 0.05) is 26.2 Å². The molecule has 0 saturated heterocycles. The molecule has 0 bridgehead atoms. The summed E-state index contributed by atoms with van der Waals surface area (Å²) in [6, 6.07) is 6.36. The van der Waals surface area contributed by atoms with Crippen molar-refractivity contribution in [2.24, 2.45) is 0 Å². The summed E-state index contributed by atoms with van der Waals surface area (Å²) >= 11 is 5.93. The standard InChI is InChI=1S/C14H23ClN2O/c1-4-11(2)17(7-8-18-3)10-12-5-6-13(15)14(16)9-12/h5-6,9,11H,4,7-8,10,16H2,1-3H3. The van der Waals surface area contributed by atoms with E-state index in [1.165, 1.54) is 5.56 Å². The summed E-state index contributed by atoms with van der Waals surface area (Å²) in [7, 11) is 1.73.